The van der Waals surface area contributed by atoms with Gasteiger partial charge in [0.2, 0.25) is 0 Å². The first-order valence-electron chi connectivity index (χ1n) is 6.38. The van der Waals surface area contributed by atoms with Crippen LogP contribution in [0.4, 0.5) is 0 Å². The van der Waals surface area contributed by atoms with E-state index in [1.807, 2.05) is 18.2 Å². The summed E-state index contributed by atoms with van der Waals surface area (Å²) < 4.78 is 5.88. The Kier molecular flexibility index (Phi) is 4.49. The van der Waals surface area contributed by atoms with Crippen molar-refractivity contribution in [2.45, 2.75) is 25.5 Å². The molecule has 4 heteroatoms. The number of nitrogens with zero attached hydrogens (tertiary/aromatic N) is 1. The van der Waals surface area contributed by atoms with E-state index in [4.69, 9.17) is 16.3 Å². The number of rotatable bonds is 5. The van der Waals surface area contributed by atoms with Crippen molar-refractivity contribution in [2.75, 3.05) is 27.2 Å². The van der Waals surface area contributed by atoms with Crippen LogP contribution in [0.1, 0.15) is 12.5 Å². The summed E-state index contributed by atoms with van der Waals surface area (Å²) in [7, 11) is 4.17. The monoisotopic (exact) mass is 268 g/mol. The number of hydrogen-bond acceptors (Lipinski definition) is 3. The van der Waals surface area contributed by atoms with Crippen LogP contribution >= 0.6 is 11.6 Å². The Bertz CT molecular complexity index is 409. The molecule has 0 aromatic heterocycles. The lowest BCUT2D eigenvalue weighted by Crippen LogP contribution is -2.41. The Morgan fingerprint density at radius 1 is 1.50 bits per heavy atom. The summed E-state index contributed by atoms with van der Waals surface area (Å²) in [6, 6.07) is 6.31. The number of hydrogen-bond donors (Lipinski definition) is 1. The molecule has 2 unspecified atom stereocenters. The van der Waals surface area contributed by atoms with Gasteiger partial charge in [0.1, 0.15) is 11.9 Å². The third kappa shape index (κ3) is 3.61. The van der Waals surface area contributed by atoms with Crippen molar-refractivity contribution in [1.82, 2.24) is 10.2 Å². The van der Waals surface area contributed by atoms with Gasteiger partial charge in [-0.1, -0.05) is 11.6 Å². The number of likely N-dealkylation sites (N-methyl/N-ethyl adjacent to an activating group) is 1. The van der Waals surface area contributed by atoms with E-state index in [0.29, 0.717) is 6.04 Å². The van der Waals surface area contributed by atoms with E-state index in [9.17, 15) is 0 Å². The normalized spacial score (nSPS) is 19.7. The summed E-state index contributed by atoms with van der Waals surface area (Å²) in [5.41, 5.74) is 1.22. The molecular weight excluding hydrogens is 248 g/mol. The molecular formula is C14H21ClN2O. The molecule has 1 aromatic carbocycles. The minimum atomic E-state index is 0.225. The summed E-state index contributed by atoms with van der Waals surface area (Å²) in [5, 5.41) is 4.29. The van der Waals surface area contributed by atoms with Crippen LogP contribution in [0.5, 0.6) is 5.75 Å². The lowest BCUT2D eigenvalue weighted by Gasteiger charge is -2.20. The van der Waals surface area contributed by atoms with Crippen LogP contribution < -0.4 is 10.1 Å². The second-order valence-corrected chi connectivity index (χ2v) is 5.70. The third-order valence-corrected chi connectivity index (χ3v) is 3.33. The summed E-state index contributed by atoms with van der Waals surface area (Å²) >= 11 is 5.98. The topological polar surface area (TPSA) is 24.5 Å². The van der Waals surface area contributed by atoms with Crippen molar-refractivity contribution in [3.63, 3.8) is 0 Å². The van der Waals surface area contributed by atoms with Gasteiger partial charge in [0.15, 0.2) is 0 Å². The Balaban J connectivity index is 1.81. The molecule has 0 amide bonds. The molecule has 1 aliphatic rings. The van der Waals surface area contributed by atoms with E-state index in [-0.39, 0.29) is 6.10 Å². The maximum absolute atomic E-state index is 5.98. The SMILES string of the molecule is CC(CN(C)C)NCC1Cc2cc(Cl)ccc2O1. The van der Waals surface area contributed by atoms with Crippen LogP contribution in [0.3, 0.4) is 0 Å². The van der Waals surface area contributed by atoms with Crippen molar-refractivity contribution in [3.05, 3.63) is 28.8 Å². The van der Waals surface area contributed by atoms with Gasteiger partial charge in [-0.25, -0.2) is 0 Å². The van der Waals surface area contributed by atoms with E-state index >= 15 is 0 Å². The Labute approximate surface area is 114 Å². The number of halogens is 1. The van der Waals surface area contributed by atoms with E-state index in [0.717, 1.165) is 30.3 Å². The Morgan fingerprint density at radius 2 is 2.28 bits per heavy atom. The van der Waals surface area contributed by atoms with E-state index in [1.165, 1.54) is 5.56 Å². The average Bonchev–Trinajstić information content (AvgIpc) is 2.67. The molecule has 1 heterocycles. The molecule has 0 fully saturated rings. The van der Waals surface area contributed by atoms with Gasteiger partial charge in [-0.15, -0.1) is 0 Å². The van der Waals surface area contributed by atoms with Crippen molar-refractivity contribution in [1.29, 1.82) is 0 Å². The molecule has 3 nitrogen and oxygen atoms in total. The molecule has 1 N–H and O–H groups in total. The first kappa shape index (κ1) is 13.7. The summed E-state index contributed by atoms with van der Waals surface area (Å²) in [4.78, 5) is 2.18. The quantitative estimate of drug-likeness (QED) is 0.886. The van der Waals surface area contributed by atoms with Gasteiger partial charge >= 0.3 is 0 Å². The highest BCUT2D eigenvalue weighted by Crippen LogP contribution is 2.30. The summed E-state index contributed by atoms with van der Waals surface area (Å²) in [6.45, 7) is 4.10. The maximum atomic E-state index is 5.98. The van der Waals surface area contributed by atoms with E-state index < -0.39 is 0 Å². The molecule has 0 bridgehead atoms. The van der Waals surface area contributed by atoms with Crippen molar-refractivity contribution >= 4 is 11.6 Å². The molecule has 0 spiro atoms. The third-order valence-electron chi connectivity index (χ3n) is 3.10. The van der Waals surface area contributed by atoms with Crippen molar-refractivity contribution < 1.29 is 4.74 Å². The van der Waals surface area contributed by atoms with Crippen LogP contribution in [0.2, 0.25) is 5.02 Å². The van der Waals surface area contributed by atoms with Gasteiger partial charge in [0.05, 0.1) is 0 Å². The molecule has 0 radical (unpaired) electrons. The second-order valence-electron chi connectivity index (χ2n) is 5.27. The Morgan fingerprint density at radius 3 is 3.00 bits per heavy atom. The highest BCUT2D eigenvalue weighted by molar-refractivity contribution is 6.30. The number of nitrogens with one attached hydrogen (secondary N) is 1. The molecule has 1 aromatic rings. The van der Waals surface area contributed by atoms with Crippen LogP contribution in [-0.4, -0.2) is 44.2 Å². The highest BCUT2D eigenvalue weighted by Gasteiger charge is 2.23. The van der Waals surface area contributed by atoms with Gasteiger partial charge in [-0.3, -0.25) is 0 Å². The van der Waals surface area contributed by atoms with Gasteiger partial charge in [-0.05, 0) is 44.8 Å². The fourth-order valence-corrected chi connectivity index (χ4v) is 2.54. The molecule has 1 aliphatic heterocycles. The number of fused-ring (bicyclic) bond motifs is 1. The minimum Gasteiger partial charge on any atom is -0.488 e. The zero-order chi connectivity index (χ0) is 13.1. The Hall–Kier alpha value is -0.770. The molecule has 0 saturated heterocycles. The highest BCUT2D eigenvalue weighted by atomic mass is 35.5. The standard InChI is InChI=1S/C14H21ClN2O/c1-10(9-17(2)3)16-8-13-7-11-6-12(15)4-5-14(11)18-13/h4-6,10,13,16H,7-9H2,1-3H3. The largest absolute Gasteiger partial charge is 0.488 e. The predicted molar refractivity (Wildman–Crippen MR) is 75.6 cm³/mol. The molecule has 0 saturated carbocycles. The molecule has 100 valence electrons. The number of ether oxygens (including phenoxy) is 1. The molecule has 18 heavy (non-hydrogen) atoms. The lowest BCUT2D eigenvalue weighted by molar-refractivity contribution is 0.217. The van der Waals surface area contributed by atoms with Gasteiger partial charge in [-0.2, -0.15) is 0 Å². The summed E-state index contributed by atoms with van der Waals surface area (Å²) in [6.07, 6.45) is 1.17. The first-order chi connectivity index (χ1) is 8.54. The fraction of sp³-hybridized carbons (Fsp3) is 0.571. The molecule has 2 rings (SSSR count). The number of benzene rings is 1. The lowest BCUT2D eigenvalue weighted by atomic mass is 10.1. The zero-order valence-corrected chi connectivity index (χ0v) is 12.0. The summed E-state index contributed by atoms with van der Waals surface area (Å²) in [5.74, 6) is 0.978. The minimum absolute atomic E-state index is 0.225. The van der Waals surface area contributed by atoms with Crippen LogP contribution in [-0.2, 0) is 6.42 Å². The average molecular weight is 269 g/mol. The first-order valence-corrected chi connectivity index (χ1v) is 6.75. The van der Waals surface area contributed by atoms with Gasteiger partial charge in [0, 0.05) is 30.6 Å². The van der Waals surface area contributed by atoms with Crippen LogP contribution in [0.25, 0.3) is 0 Å². The second kappa shape index (κ2) is 5.91. The molecule has 2 atom stereocenters. The smallest absolute Gasteiger partial charge is 0.123 e. The van der Waals surface area contributed by atoms with Crippen molar-refractivity contribution in [2.24, 2.45) is 0 Å². The predicted octanol–water partition coefficient (Wildman–Crippen LogP) is 2.18. The van der Waals surface area contributed by atoms with Crippen LogP contribution in [0.15, 0.2) is 18.2 Å². The van der Waals surface area contributed by atoms with Gasteiger partial charge < -0.3 is 15.0 Å². The van der Waals surface area contributed by atoms with E-state index in [2.05, 4.69) is 31.2 Å². The maximum Gasteiger partial charge on any atom is 0.123 e. The van der Waals surface area contributed by atoms with Gasteiger partial charge in [0.25, 0.3) is 0 Å². The van der Waals surface area contributed by atoms with Crippen molar-refractivity contribution in [3.8, 4) is 5.75 Å². The fourth-order valence-electron chi connectivity index (χ4n) is 2.35. The van der Waals surface area contributed by atoms with E-state index in [1.54, 1.807) is 0 Å². The molecule has 0 aliphatic carbocycles. The zero-order valence-electron chi connectivity index (χ0n) is 11.2. The van der Waals surface area contributed by atoms with Crippen LogP contribution in [0, 0.1) is 0 Å².